The van der Waals surface area contributed by atoms with E-state index in [0.717, 1.165) is 64.2 Å². The molecule has 0 aliphatic heterocycles. The van der Waals surface area contributed by atoms with Crippen molar-refractivity contribution in [2.75, 3.05) is 47.5 Å². The molecule has 0 aliphatic rings. The molecule has 0 aromatic rings. The number of allylic oxidation sites excluding steroid dienone is 6. The Morgan fingerprint density at radius 3 is 1.51 bits per heavy atom. The van der Waals surface area contributed by atoms with Crippen LogP contribution in [-0.4, -0.2) is 74.9 Å². The zero-order valence-electron chi connectivity index (χ0n) is 36.2. The van der Waals surface area contributed by atoms with E-state index in [4.69, 9.17) is 18.5 Å². The van der Waals surface area contributed by atoms with Gasteiger partial charge in [-0.2, -0.15) is 0 Å². The van der Waals surface area contributed by atoms with Crippen LogP contribution in [0.4, 0.5) is 0 Å². The lowest BCUT2D eigenvalue weighted by atomic mass is 10.1. The van der Waals surface area contributed by atoms with Crippen molar-refractivity contribution in [3.63, 3.8) is 0 Å². The minimum atomic E-state index is -4.38. The van der Waals surface area contributed by atoms with Gasteiger partial charge in [-0.25, -0.2) is 4.57 Å². The van der Waals surface area contributed by atoms with E-state index in [-0.39, 0.29) is 32.0 Å². The van der Waals surface area contributed by atoms with Crippen LogP contribution in [0.3, 0.4) is 0 Å². The fourth-order valence-electron chi connectivity index (χ4n) is 5.85. The number of hydrogen-bond acceptors (Lipinski definition) is 7. The highest BCUT2D eigenvalue weighted by molar-refractivity contribution is 7.47. The molecule has 9 nitrogen and oxygen atoms in total. The third kappa shape index (κ3) is 41.7. The highest BCUT2D eigenvalue weighted by Gasteiger charge is 2.27. The molecule has 1 unspecified atom stereocenters. The topological polar surface area (TPSA) is 108 Å². The Morgan fingerprint density at radius 2 is 1.00 bits per heavy atom. The zero-order chi connectivity index (χ0) is 40.7. The molecule has 0 aromatic heterocycles. The standard InChI is InChI=1S/C45H84NO8P/c1-6-8-10-12-14-16-18-20-22-23-24-26-27-29-31-33-35-37-44(47)51-41-43(42-53-55(49,50)52-40-39-46(3,4)5)54-45(48)38-36-34-32-30-28-25-21-19-17-15-13-11-9-7-2/h13,15,19-22,43H,6-12,14,16-18,23-42H2,1-5H3/p+1/b15-13-,21-19-,22-20-/t43-/m1/s1. The van der Waals surface area contributed by atoms with Crippen LogP contribution in [0.15, 0.2) is 36.5 Å². The minimum Gasteiger partial charge on any atom is -0.462 e. The third-order valence-electron chi connectivity index (χ3n) is 9.39. The summed E-state index contributed by atoms with van der Waals surface area (Å²) in [5.41, 5.74) is 0. The summed E-state index contributed by atoms with van der Waals surface area (Å²) >= 11 is 0. The summed E-state index contributed by atoms with van der Waals surface area (Å²) < 4.78 is 34.3. The number of ether oxygens (including phenoxy) is 2. The molecular weight excluding hydrogens is 713 g/mol. The first-order chi connectivity index (χ1) is 26.5. The molecule has 322 valence electrons. The van der Waals surface area contributed by atoms with Crippen molar-refractivity contribution >= 4 is 19.8 Å². The summed E-state index contributed by atoms with van der Waals surface area (Å²) in [6, 6.07) is 0. The molecular formula is C45H85NO8P+. The van der Waals surface area contributed by atoms with Gasteiger partial charge in [0.1, 0.15) is 19.8 Å². The predicted octanol–water partition coefficient (Wildman–Crippen LogP) is 12.5. The van der Waals surface area contributed by atoms with Crippen molar-refractivity contribution in [2.45, 2.75) is 193 Å². The quantitative estimate of drug-likeness (QED) is 0.0215. The van der Waals surface area contributed by atoms with Crippen LogP contribution in [0.1, 0.15) is 187 Å². The molecule has 1 N–H and O–H groups in total. The van der Waals surface area contributed by atoms with E-state index in [9.17, 15) is 19.0 Å². The van der Waals surface area contributed by atoms with Crippen molar-refractivity contribution in [2.24, 2.45) is 0 Å². The van der Waals surface area contributed by atoms with Crippen molar-refractivity contribution in [1.82, 2.24) is 0 Å². The van der Waals surface area contributed by atoms with E-state index in [1.807, 2.05) is 21.1 Å². The number of phosphoric ester groups is 1. The van der Waals surface area contributed by atoms with Gasteiger partial charge < -0.3 is 18.9 Å². The Kier molecular flexibility index (Phi) is 36.6. The highest BCUT2D eigenvalue weighted by Crippen LogP contribution is 2.43. The number of nitrogens with zero attached hydrogens (tertiary/aromatic N) is 1. The van der Waals surface area contributed by atoms with Gasteiger partial charge in [0.05, 0.1) is 27.7 Å². The second-order valence-electron chi connectivity index (χ2n) is 16.1. The maximum absolute atomic E-state index is 12.7. The van der Waals surface area contributed by atoms with Crippen molar-refractivity contribution in [3.05, 3.63) is 36.5 Å². The fourth-order valence-corrected chi connectivity index (χ4v) is 6.59. The molecule has 0 aromatic carbocycles. The third-order valence-corrected chi connectivity index (χ3v) is 10.4. The summed E-state index contributed by atoms with van der Waals surface area (Å²) in [5, 5.41) is 0. The largest absolute Gasteiger partial charge is 0.472 e. The number of likely N-dealkylation sites (N-methyl/N-ethyl adjacent to an activating group) is 1. The molecule has 0 saturated carbocycles. The Hall–Kier alpha value is -1.77. The van der Waals surface area contributed by atoms with Crippen LogP contribution in [0.2, 0.25) is 0 Å². The summed E-state index contributed by atoms with van der Waals surface area (Å²) in [7, 11) is 1.46. The number of carbonyl (C=O) groups excluding carboxylic acids is 2. The molecule has 0 fully saturated rings. The minimum absolute atomic E-state index is 0.0280. The highest BCUT2D eigenvalue weighted by atomic mass is 31.2. The van der Waals surface area contributed by atoms with E-state index in [2.05, 4.69) is 50.3 Å². The van der Waals surface area contributed by atoms with Crippen molar-refractivity contribution in [3.8, 4) is 0 Å². The SMILES string of the molecule is CCCC/C=C\C/C=C\CCCCCCCC(=O)O[C@H](COC(=O)CCCCCCCCC/C=C\CCCCCCCC)COP(=O)(O)OCC[N+](C)(C)C. The van der Waals surface area contributed by atoms with Gasteiger partial charge in [-0.15, -0.1) is 0 Å². The smallest absolute Gasteiger partial charge is 0.462 e. The number of unbranched alkanes of at least 4 members (excludes halogenated alkanes) is 20. The Morgan fingerprint density at radius 1 is 0.564 bits per heavy atom. The van der Waals surface area contributed by atoms with Gasteiger partial charge in [-0.1, -0.05) is 147 Å². The lowest BCUT2D eigenvalue weighted by molar-refractivity contribution is -0.870. The number of esters is 2. The molecule has 0 spiro atoms. The van der Waals surface area contributed by atoms with E-state index < -0.39 is 26.5 Å². The summed E-state index contributed by atoms with van der Waals surface area (Å²) in [5.74, 6) is -0.819. The monoisotopic (exact) mass is 799 g/mol. The van der Waals surface area contributed by atoms with Gasteiger partial charge in [-0.05, 0) is 64.2 Å². The molecule has 0 bridgehead atoms. The van der Waals surface area contributed by atoms with E-state index >= 15 is 0 Å². The van der Waals surface area contributed by atoms with Crippen LogP contribution in [0.25, 0.3) is 0 Å². The van der Waals surface area contributed by atoms with Gasteiger partial charge in [0, 0.05) is 12.8 Å². The molecule has 0 saturated heterocycles. The molecule has 2 atom stereocenters. The van der Waals surface area contributed by atoms with E-state index in [1.165, 1.54) is 89.9 Å². The Balaban J connectivity index is 4.36. The first-order valence-electron chi connectivity index (χ1n) is 22.2. The number of rotatable bonds is 40. The zero-order valence-corrected chi connectivity index (χ0v) is 37.1. The van der Waals surface area contributed by atoms with E-state index in [0.29, 0.717) is 17.4 Å². The van der Waals surface area contributed by atoms with Crippen LogP contribution in [0.5, 0.6) is 0 Å². The number of hydrogen-bond donors (Lipinski definition) is 1. The lowest BCUT2D eigenvalue weighted by Gasteiger charge is -2.24. The van der Waals surface area contributed by atoms with Crippen LogP contribution in [0, 0.1) is 0 Å². The lowest BCUT2D eigenvalue weighted by Crippen LogP contribution is -2.37. The molecule has 0 heterocycles. The number of quaternary nitrogens is 1. The fraction of sp³-hybridized carbons (Fsp3) is 0.822. The van der Waals surface area contributed by atoms with Gasteiger partial charge >= 0.3 is 19.8 Å². The maximum Gasteiger partial charge on any atom is 0.472 e. The second kappa shape index (κ2) is 37.8. The summed E-state index contributed by atoms with van der Waals surface area (Å²) in [6.45, 7) is 4.36. The number of carbonyl (C=O) groups is 2. The van der Waals surface area contributed by atoms with Crippen LogP contribution < -0.4 is 0 Å². The Labute approximate surface area is 338 Å². The maximum atomic E-state index is 12.7. The first-order valence-corrected chi connectivity index (χ1v) is 23.7. The van der Waals surface area contributed by atoms with Crippen molar-refractivity contribution in [1.29, 1.82) is 0 Å². The Bertz CT molecular complexity index is 1040. The first kappa shape index (κ1) is 53.2. The molecule has 0 aliphatic carbocycles. The molecule has 10 heteroatoms. The second-order valence-corrected chi connectivity index (χ2v) is 17.5. The van der Waals surface area contributed by atoms with Crippen LogP contribution in [-0.2, 0) is 32.7 Å². The average molecular weight is 799 g/mol. The van der Waals surface area contributed by atoms with Gasteiger partial charge in [0.15, 0.2) is 6.10 Å². The van der Waals surface area contributed by atoms with E-state index in [1.54, 1.807) is 0 Å². The normalized spacial score (nSPS) is 13.9. The van der Waals surface area contributed by atoms with Crippen molar-refractivity contribution < 1.29 is 42.1 Å². The molecule has 0 rings (SSSR count). The summed E-state index contributed by atoms with van der Waals surface area (Å²) in [6.07, 6.45) is 41.8. The predicted molar refractivity (Wildman–Crippen MR) is 229 cm³/mol. The number of phosphoric acid groups is 1. The molecule has 0 radical (unpaired) electrons. The summed E-state index contributed by atoms with van der Waals surface area (Å²) in [4.78, 5) is 35.3. The van der Waals surface area contributed by atoms with Gasteiger partial charge in [0.25, 0.3) is 0 Å². The van der Waals surface area contributed by atoms with Gasteiger partial charge in [0.2, 0.25) is 0 Å². The van der Waals surface area contributed by atoms with Crippen LogP contribution >= 0.6 is 7.82 Å². The van der Waals surface area contributed by atoms with Gasteiger partial charge in [-0.3, -0.25) is 18.6 Å². The molecule has 0 amide bonds. The molecule has 55 heavy (non-hydrogen) atoms. The average Bonchev–Trinajstić information content (AvgIpc) is 3.13.